The minimum atomic E-state index is -0.918. The molecule has 174 valence electrons. The quantitative estimate of drug-likeness (QED) is 0.601. The summed E-state index contributed by atoms with van der Waals surface area (Å²) in [5.41, 5.74) is 2.58. The maximum absolute atomic E-state index is 11.3. The molecule has 1 saturated carbocycles. The normalized spacial score (nSPS) is 23.1. The highest BCUT2D eigenvalue weighted by Crippen LogP contribution is 2.33. The summed E-state index contributed by atoms with van der Waals surface area (Å²) < 4.78 is 8.07. The lowest BCUT2D eigenvalue weighted by Crippen LogP contribution is -2.29. The van der Waals surface area contributed by atoms with Crippen LogP contribution >= 0.6 is 0 Å². The van der Waals surface area contributed by atoms with Gasteiger partial charge in [-0.05, 0) is 43.2 Å². The van der Waals surface area contributed by atoms with Crippen LogP contribution in [0.25, 0.3) is 22.0 Å². The number of hydrogen-bond acceptors (Lipinski definition) is 6. The fourth-order valence-corrected chi connectivity index (χ4v) is 4.77. The summed E-state index contributed by atoms with van der Waals surface area (Å²) in [6, 6.07) is 6.41. The Hall–Kier alpha value is -3.36. The lowest BCUT2D eigenvalue weighted by molar-refractivity contribution is 0.144. The lowest BCUT2D eigenvalue weighted by Gasteiger charge is -2.27. The first-order valence-corrected chi connectivity index (χ1v) is 11.7. The Morgan fingerprint density at radius 2 is 2.03 bits per heavy atom. The molecule has 2 N–H and O–H groups in total. The summed E-state index contributed by atoms with van der Waals surface area (Å²) in [4.78, 5) is 22.1. The van der Waals surface area contributed by atoms with Gasteiger partial charge < -0.3 is 20.1 Å². The Kier molecular flexibility index (Phi) is 5.78. The Labute approximate surface area is 192 Å². The molecule has 0 bridgehead atoms. The van der Waals surface area contributed by atoms with Gasteiger partial charge in [-0.3, -0.25) is 4.68 Å². The first-order chi connectivity index (χ1) is 15.9. The molecule has 2 aliphatic rings. The number of anilines is 1. The zero-order valence-electron chi connectivity index (χ0n) is 19.1. The second-order valence-electron chi connectivity index (χ2n) is 9.35. The zero-order valence-corrected chi connectivity index (χ0v) is 19.1. The molecule has 1 amide bonds. The van der Waals surface area contributed by atoms with Crippen molar-refractivity contribution in [2.45, 2.75) is 51.2 Å². The van der Waals surface area contributed by atoms with Gasteiger partial charge in [0, 0.05) is 43.8 Å². The van der Waals surface area contributed by atoms with Crippen molar-refractivity contribution in [2.75, 3.05) is 18.4 Å². The van der Waals surface area contributed by atoms with Crippen molar-refractivity contribution in [1.82, 2.24) is 24.6 Å². The molecular formula is C24H30N6O3. The molecule has 0 radical (unpaired) electrons. The van der Waals surface area contributed by atoms with E-state index in [1.165, 1.54) is 17.7 Å². The van der Waals surface area contributed by atoms with E-state index in [4.69, 9.17) is 9.72 Å². The minimum absolute atomic E-state index is 0.239. The van der Waals surface area contributed by atoms with Crippen LogP contribution in [-0.2, 0) is 7.05 Å². The van der Waals surface area contributed by atoms with Crippen molar-refractivity contribution in [3.63, 3.8) is 0 Å². The molecule has 1 aliphatic carbocycles. The predicted molar refractivity (Wildman–Crippen MR) is 125 cm³/mol. The highest BCUT2D eigenvalue weighted by molar-refractivity contribution is 5.84. The van der Waals surface area contributed by atoms with Crippen LogP contribution in [0.15, 0.2) is 30.6 Å². The molecule has 1 atom stereocenters. The maximum Gasteiger partial charge on any atom is 0.407 e. The highest BCUT2D eigenvalue weighted by atomic mass is 16.5. The molecular weight excluding hydrogens is 420 g/mol. The molecule has 0 spiro atoms. The molecule has 1 unspecified atom stereocenters. The summed E-state index contributed by atoms with van der Waals surface area (Å²) in [5.74, 6) is 1.80. The molecule has 1 aromatic carbocycles. The number of carboxylic acid groups (broad SMARTS) is 1. The molecule has 9 heteroatoms. The van der Waals surface area contributed by atoms with E-state index in [9.17, 15) is 9.90 Å². The van der Waals surface area contributed by atoms with E-state index in [0.717, 1.165) is 40.8 Å². The molecule has 3 heterocycles. The molecule has 33 heavy (non-hydrogen) atoms. The van der Waals surface area contributed by atoms with Gasteiger partial charge in [0.25, 0.3) is 0 Å². The number of ether oxygens (including phenoxy) is 1. The molecule has 3 aromatic rings. The summed E-state index contributed by atoms with van der Waals surface area (Å²) in [6.45, 7) is 3.10. The Morgan fingerprint density at radius 1 is 1.21 bits per heavy atom. The zero-order chi connectivity index (χ0) is 22.9. The second kappa shape index (κ2) is 8.88. The largest absolute Gasteiger partial charge is 0.472 e. The molecule has 1 saturated heterocycles. The van der Waals surface area contributed by atoms with E-state index in [-0.39, 0.29) is 6.10 Å². The molecule has 5 rings (SSSR count). The van der Waals surface area contributed by atoms with Gasteiger partial charge >= 0.3 is 6.09 Å². The van der Waals surface area contributed by atoms with Gasteiger partial charge in [0.05, 0.1) is 17.6 Å². The summed E-state index contributed by atoms with van der Waals surface area (Å²) in [7, 11) is 1.90. The number of nitrogens with one attached hydrogen (secondary N) is 1. The average molecular weight is 451 g/mol. The van der Waals surface area contributed by atoms with Crippen molar-refractivity contribution in [1.29, 1.82) is 0 Å². The van der Waals surface area contributed by atoms with Crippen LogP contribution in [-0.4, -0.2) is 61.1 Å². The first-order valence-electron chi connectivity index (χ1n) is 11.7. The standard InChI is InChI=1S/C24H30N6O3/c1-15-3-7-18(8-4-15)26-23-25-12-20(16-5-6-17-13-29(2)28-21(17)11-16)22(27-23)33-19-9-10-30(14-19)24(31)32/h5-6,11-13,15,18-19H,3-4,7-10,14H2,1-2H3,(H,31,32)(H,25,26,27). The number of likely N-dealkylation sites (tertiary alicyclic amines) is 1. The molecule has 2 aromatic heterocycles. The van der Waals surface area contributed by atoms with Gasteiger partial charge in [-0.25, -0.2) is 9.78 Å². The number of nitrogens with zero attached hydrogens (tertiary/aromatic N) is 5. The highest BCUT2D eigenvalue weighted by Gasteiger charge is 2.29. The van der Waals surface area contributed by atoms with Gasteiger partial charge in [0.1, 0.15) is 6.10 Å². The number of aryl methyl sites for hydroxylation is 1. The maximum atomic E-state index is 11.3. The van der Waals surface area contributed by atoms with Crippen LogP contribution in [0, 0.1) is 5.92 Å². The number of carbonyl (C=O) groups is 1. The number of benzene rings is 1. The monoisotopic (exact) mass is 450 g/mol. The van der Waals surface area contributed by atoms with Crippen LogP contribution in [0.1, 0.15) is 39.0 Å². The molecule has 2 fully saturated rings. The fourth-order valence-electron chi connectivity index (χ4n) is 4.77. The third kappa shape index (κ3) is 4.72. The van der Waals surface area contributed by atoms with Crippen LogP contribution in [0.2, 0.25) is 0 Å². The molecule has 1 aliphatic heterocycles. The third-order valence-electron chi connectivity index (χ3n) is 6.73. The van der Waals surface area contributed by atoms with Crippen molar-refractivity contribution >= 4 is 22.9 Å². The fraction of sp³-hybridized carbons (Fsp3) is 0.500. The molecule has 9 nitrogen and oxygen atoms in total. The number of amides is 1. The van der Waals surface area contributed by atoms with Gasteiger partial charge in [0.15, 0.2) is 0 Å². The van der Waals surface area contributed by atoms with E-state index in [2.05, 4.69) is 22.3 Å². The Morgan fingerprint density at radius 3 is 2.79 bits per heavy atom. The van der Waals surface area contributed by atoms with E-state index < -0.39 is 6.09 Å². The van der Waals surface area contributed by atoms with E-state index in [1.807, 2.05) is 31.4 Å². The number of fused-ring (bicyclic) bond motifs is 1. The topological polar surface area (TPSA) is 105 Å². The van der Waals surface area contributed by atoms with Gasteiger partial charge in [0.2, 0.25) is 11.8 Å². The second-order valence-corrected chi connectivity index (χ2v) is 9.35. The van der Waals surface area contributed by atoms with Crippen molar-refractivity contribution in [3.05, 3.63) is 30.6 Å². The van der Waals surface area contributed by atoms with Gasteiger partial charge in [-0.2, -0.15) is 10.1 Å². The van der Waals surface area contributed by atoms with Crippen LogP contribution in [0.4, 0.5) is 10.7 Å². The van der Waals surface area contributed by atoms with Gasteiger partial charge in [-0.15, -0.1) is 0 Å². The predicted octanol–water partition coefficient (Wildman–Crippen LogP) is 4.15. The van der Waals surface area contributed by atoms with Crippen molar-refractivity contribution in [3.8, 4) is 17.0 Å². The van der Waals surface area contributed by atoms with E-state index in [1.54, 1.807) is 10.9 Å². The SMILES string of the molecule is CC1CCC(Nc2ncc(-c3ccc4cn(C)nc4c3)c(OC3CCN(C(=O)O)C3)n2)CC1. The summed E-state index contributed by atoms with van der Waals surface area (Å²) in [6.07, 6.45) is 7.87. The minimum Gasteiger partial charge on any atom is -0.472 e. The van der Waals surface area contributed by atoms with Gasteiger partial charge in [-0.1, -0.05) is 19.1 Å². The van der Waals surface area contributed by atoms with Crippen molar-refractivity contribution in [2.24, 2.45) is 13.0 Å². The third-order valence-corrected chi connectivity index (χ3v) is 6.73. The van der Waals surface area contributed by atoms with E-state index >= 15 is 0 Å². The lowest BCUT2D eigenvalue weighted by atomic mass is 9.87. The number of rotatable bonds is 5. The van der Waals surface area contributed by atoms with Crippen LogP contribution in [0.5, 0.6) is 5.88 Å². The van der Waals surface area contributed by atoms with Crippen LogP contribution < -0.4 is 10.1 Å². The van der Waals surface area contributed by atoms with E-state index in [0.29, 0.717) is 37.4 Å². The summed E-state index contributed by atoms with van der Waals surface area (Å²) in [5, 5.41) is 18.4. The average Bonchev–Trinajstić information content (AvgIpc) is 3.41. The Balaban J connectivity index is 1.44. The smallest absolute Gasteiger partial charge is 0.407 e. The Bertz CT molecular complexity index is 1150. The number of aromatic nitrogens is 4. The number of hydrogen-bond donors (Lipinski definition) is 2. The summed E-state index contributed by atoms with van der Waals surface area (Å²) >= 11 is 0. The van der Waals surface area contributed by atoms with Crippen LogP contribution in [0.3, 0.4) is 0 Å². The first kappa shape index (κ1) is 21.5. The van der Waals surface area contributed by atoms with Crippen molar-refractivity contribution < 1.29 is 14.6 Å².